The van der Waals surface area contributed by atoms with Crippen LogP contribution in [0.2, 0.25) is 0 Å². The number of aromatic nitrogens is 4. The van der Waals surface area contributed by atoms with Crippen LogP contribution in [0.5, 0.6) is 0 Å². The molecule has 0 bridgehead atoms. The summed E-state index contributed by atoms with van der Waals surface area (Å²) in [4.78, 5) is 0. The first-order valence-electron chi connectivity index (χ1n) is 5.38. The van der Waals surface area contributed by atoms with Gasteiger partial charge in [-0.2, -0.15) is 0 Å². The molecule has 5 heteroatoms. The molecule has 0 aromatic carbocycles. The van der Waals surface area contributed by atoms with Gasteiger partial charge >= 0.3 is 0 Å². The van der Waals surface area contributed by atoms with E-state index in [1.54, 1.807) is 0 Å². The highest BCUT2D eigenvalue weighted by atomic mass is 15.5. The number of hydrogen-bond donors (Lipinski definition) is 1. The van der Waals surface area contributed by atoms with Crippen LogP contribution in [0.15, 0.2) is 0 Å². The summed E-state index contributed by atoms with van der Waals surface area (Å²) in [6.45, 7) is 0.706. The van der Waals surface area contributed by atoms with Crippen molar-refractivity contribution in [1.82, 2.24) is 20.2 Å². The molecule has 0 radical (unpaired) electrons. The van der Waals surface area contributed by atoms with Crippen molar-refractivity contribution in [1.29, 1.82) is 0 Å². The predicted octanol–water partition coefficient (Wildman–Crippen LogP) is 0.679. The Morgan fingerprint density at radius 2 is 2.14 bits per heavy atom. The molecule has 1 aliphatic carbocycles. The van der Waals surface area contributed by atoms with Crippen molar-refractivity contribution in [2.75, 3.05) is 6.54 Å². The topological polar surface area (TPSA) is 69.6 Å². The van der Waals surface area contributed by atoms with E-state index in [0.717, 1.165) is 18.7 Å². The zero-order valence-corrected chi connectivity index (χ0v) is 8.39. The largest absolute Gasteiger partial charge is 0.330 e. The lowest BCUT2D eigenvalue weighted by Crippen LogP contribution is -2.12. The normalized spacial score (nSPS) is 17.8. The SMILES string of the molecule is NCCCc1nnnn1C1CCCC1. The molecule has 78 valence electrons. The zero-order chi connectivity index (χ0) is 9.80. The standard InChI is InChI=1S/C9H17N5/c10-7-3-6-9-11-12-13-14(9)8-4-1-2-5-8/h8H,1-7,10H2. The minimum absolute atomic E-state index is 0.540. The van der Waals surface area contributed by atoms with Gasteiger partial charge in [-0.25, -0.2) is 4.68 Å². The quantitative estimate of drug-likeness (QED) is 0.767. The van der Waals surface area contributed by atoms with Crippen LogP contribution in [0.25, 0.3) is 0 Å². The molecule has 1 aromatic heterocycles. The van der Waals surface area contributed by atoms with Crippen molar-refractivity contribution in [3.05, 3.63) is 5.82 Å². The molecule has 0 atom stereocenters. The maximum absolute atomic E-state index is 5.47. The molecule has 0 unspecified atom stereocenters. The lowest BCUT2D eigenvalue weighted by molar-refractivity contribution is 0.436. The van der Waals surface area contributed by atoms with E-state index in [9.17, 15) is 0 Å². The maximum Gasteiger partial charge on any atom is 0.151 e. The zero-order valence-electron chi connectivity index (χ0n) is 8.39. The third kappa shape index (κ3) is 1.92. The predicted molar refractivity (Wildman–Crippen MR) is 52.7 cm³/mol. The second-order valence-corrected chi connectivity index (χ2v) is 3.87. The number of hydrogen-bond acceptors (Lipinski definition) is 4. The number of aryl methyl sites for hydroxylation is 1. The van der Waals surface area contributed by atoms with Crippen LogP contribution < -0.4 is 5.73 Å². The van der Waals surface area contributed by atoms with Gasteiger partial charge < -0.3 is 5.73 Å². The van der Waals surface area contributed by atoms with Crippen LogP contribution in [0.3, 0.4) is 0 Å². The molecule has 1 aliphatic rings. The molecule has 0 spiro atoms. The molecule has 1 saturated carbocycles. The highest BCUT2D eigenvalue weighted by Crippen LogP contribution is 2.29. The average molecular weight is 195 g/mol. The van der Waals surface area contributed by atoms with E-state index in [0.29, 0.717) is 12.6 Å². The van der Waals surface area contributed by atoms with Crippen LogP contribution in [-0.2, 0) is 6.42 Å². The van der Waals surface area contributed by atoms with Gasteiger partial charge in [-0.05, 0) is 36.2 Å². The number of nitrogens with two attached hydrogens (primary N) is 1. The second kappa shape index (κ2) is 4.50. The first-order chi connectivity index (χ1) is 6.92. The summed E-state index contributed by atoms with van der Waals surface area (Å²) >= 11 is 0. The molecule has 5 nitrogen and oxygen atoms in total. The summed E-state index contributed by atoms with van der Waals surface area (Å²) in [6, 6.07) is 0.540. The van der Waals surface area contributed by atoms with E-state index >= 15 is 0 Å². The Bertz CT molecular complexity index is 276. The van der Waals surface area contributed by atoms with Gasteiger partial charge in [0, 0.05) is 6.42 Å². The average Bonchev–Trinajstić information content (AvgIpc) is 2.84. The molecule has 14 heavy (non-hydrogen) atoms. The van der Waals surface area contributed by atoms with Crippen molar-refractivity contribution in [2.45, 2.75) is 44.6 Å². The maximum atomic E-state index is 5.47. The highest BCUT2D eigenvalue weighted by molar-refractivity contribution is 4.86. The van der Waals surface area contributed by atoms with Crippen LogP contribution in [0, 0.1) is 0 Å². The van der Waals surface area contributed by atoms with Crippen molar-refractivity contribution in [3.63, 3.8) is 0 Å². The van der Waals surface area contributed by atoms with Crippen LogP contribution in [0.4, 0.5) is 0 Å². The molecule has 1 heterocycles. The molecule has 1 fully saturated rings. The Labute approximate surface area is 83.7 Å². The van der Waals surface area contributed by atoms with Gasteiger partial charge in [-0.3, -0.25) is 0 Å². The summed E-state index contributed by atoms with van der Waals surface area (Å²) in [5.41, 5.74) is 5.47. The summed E-state index contributed by atoms with van der Waals surface area (Å²) < 4.78 is 2.00. The molecule has 2 N–H and O–H groups in total. The first kappa shape index (κ1) is 9.58. The minimum Gasteiger partial charge on any atom is -0.330 e. The number of tetrazole rings is 1. The van der Waals surface area contributed by atoms with Crippen molar-refractivity contribution < 1.29 is 0 Å². The fourth-order valence-electron chi connectivity index (χ4n) is 2.07. The monoisotopic (exact) mass is 195 g/mol. The highest BCUT2D eigenvalue weighted by Gasteiger charge is 2.20. The Balaban J connectivity index is 2.04. The van der Waals surface area contributed by atoms with Crippen LogP contribution >= 0.6 is 0 Å². The van der Waals surface area contributed by atoms with E-state index in [1.165, 1.54) is 25.7 Å². The van der Waals surface area contributed by atoms with E-state index in [-0.39, 0.29) is 0 Å². The van der Waals surface area contributed by atoms with Gasteiger partial charge in [0.25, 0.3) is 0 Å². The first-order valence-corrected chi connectivity index (χ1v) is 5.38. The summed E-state index contributed by atoms with van der Waals surface area (Å²) in [6.07, 6.45) is 6.93. The van der Waals surface area contributed by atoms with E-state index in [1.807, 2.05) is 4.68 Å². The molecular weight excluding hydrogens is 178 g/mol. The Morgan fingerprint density at radius 3 is 2.86 bits per heavy atom. The van der Waals surface area contributed by atoms with Gasteiger partial charge in [-0.15, -0.1) is 5.10 Å². The summed E-state index contributed by atoms with van der Waals surface area (Å²) in [5, 5.41) is 11.9. The Morgan fingerprint density at radius 1 is 1.36 bits per heavy atom. The van der Waals surface area contributed by atoms with Gasteiger partial charge in [0.15, 0.2) is 5.82 Å². The van der Waals surface area contributed by atoms with Gasteiger partial charge in [-0.1, -0.05) is 12.8 Å². The fraction of sp³-hybridized carbons (Fsp3) is 0.889. The Kier molecular flexibility index (Phi) is 3.08. The van der Waals surface area contributed by atoms with Crippen molar-refractivity contribution >= 4 is 0 Å². The van der Waals surface area contributed by atoms with E-state index < -0.39 is 0 Å². The van der Waals surface area contributed by atoms with Crippen LogP contribution in [-0.4, -0.2) is 26.8 Å². The van der Waals surface area contributed by atoms with Crippen molar-refractivity contribution in [2.24, 2.45) is 5.73 Å². The van der Waals surface area contributed by atoms with E-state index in [4.69, 9.17) is 5.73 Å². The smallest absolute Gasteiger partial charge is 0.151 e. The fourth-order valence-corrected chi connectivity index (χ4v) is 2.07. The molecule has 0 saturated heterocycles. The molecular formula is C9H17N5. The summed E-state index contributed by atoms with van der Waals surface area (Å²) in [7, 11) is 0. The van der Waals surface area contributed by atoms with Gasteiger partial charge in [0.2, 0.25) is 0 Å². The number of rotatable bonds is 4. The van der Waals surface area contributed by atoms with Gasteiger partial charge in [0.05, 0.1) is 6.04 Å². The lowest BCUT2D eigenvalue weighted by Gasteiger charge is -2.10. The minimum atomic E-state index is 0.540. The van der Waals surface area contributed by atoms with Crippen molar-refractivity contribution in [3.8, 4) is 0 Å². The third-order valence-electron chi connectivity index (χ3n) is 2.84. The second-order valence-electron chi connectivity index (χ2n) is 3.87. The summed E-state index contributed by atoms with van der Waals surface area (Å²) in [5.74, 6) is 1.00. The van der Waals surface area contributed by atoms with Crippen LogP contribution in [0.1, 0.15) is 44.0 Å². The molecule has 1 aromatic rings. The molecule has 0 amide bonds. The third-order valence-corrected chi connectivity index (χ3v) is 2.84. The Hall–Kier alpha value is -0.970. The van der Waals surface area contributed by atoms with Gasteiger partial charge in [0.1, 0.15) is 0 Å². The molecule has 2 rings (SSSR count). The molecule has 0 aliphatic heterocycles. The van der Waals surface area contributed by atoms with E-state index in [2.05, 4.69) is 15.5 Å². The number of nitrogens with zero attached hydrogens (tertiary/aromatic N) is 4. The lowest BCUT2D eigenvalue weighted by atomic mass is 10.2.